The summed E-state index contributed by atoms with van der Waals surface area (Å²) in [5.41, 5.74) is 0.892. The molecule has 1 saturated heterocycles. The molecule has 2 heterocycles. The molecule has 0 bridgehead atoms. The summed E-state index contributed by atoms with van der Waals surface area (Å²) in [7, 11) is 0. The molecular weight excluding hydrogens is 244 g/mol. The Kier molecular flexibility index (Phi) is 4.31. The molecule has 2 rings (SSSR count). The quantitative estimate of drug-likeness (QED) is 0.649. The van der Waals surface area contributed by atoms with Gasteiger partial charge in [-0.15, -0.1) is 0 Å². The third kappa shape index (κ3) is 3.20. The Balaban J connectivity index is 2.25. The number of nitro groups is 1. The molecule has 1 aliphatic rings. The molecule has 104 valence electrons. The number of anilines is 1. The molecule has 1 N–H and O–H groups in total. The van der Waals surface area contributed by atoms with Crippen molar-refractivity contribution in [2.24, 2.45) is 0 Å². The van der Waals surface area contributed by atoms with E-state index in [9.17, 15) is 10.1 Å². The van der Waals surface area contributed by atoms with Gasteiger partial charge in [0.05, 0.1) is 4.92 Å². The maximum absolute atomic E-state index is 11.1. The van der Waals surface area contributed by atoms with Crippen molar-refractivity contribution in [1.82, 2.24) is 10.3 Å². The molecular formula is C13H20N4O2. The molecule has 1 fully saturated rings. The average molecular weight is 264 g/mol. The molecule has 0 saturated carbocycles. The van der Waals surface area contributed by atoms with Crippen LogP contribution in [0.25, 0.3) is 0 Å². The number of likely N-dealkylation sites (N-methyl/N-ethyl adjacent to an activating group) is 1. The smallest absolute Gasteiger partial charge is 0.311 e. The van der Waals surface area contributed by atoms with Gasteiger partial charge in [0.1, 0.15) is 0 Å². The van der Waals surface area contributed by atoms with Crippen molar-refractivity contribution in [3.8, 4) is 0 Å². The van der Waals surface area contributed by atoms with E-state index in [1.807, 2.05) is 18.7 Å². The number of hydrogen-bond acceptors (Lipinski definition) is 5. The zero-order chi connectivity index (χ0) is 13.8. The van der Waals surface area contributed by atoms with Crippen LogP contribution in [0.1, 0.15) is 25.5 Å². The van der Waals surface area contributed by atoms with Crippen LogP contribution in [0.15, 0.2) is 12.1 Å². The summed E-state index contributed by atoms with van der Waals surface area (Å²) >= 11 is 0. The van der Waals surface area contributed by atoms with Crippen LogP contribution in [0.4, 0.5) is 11.5 Å². The fourth-order valence-electron chi connectivity index (χ4n) is 2.45. The van der Waals surface area contributed by atoms with Gasteiger partial charge in [-0.1, -0.05) is 0 Å². The van der Waals surface area contributed by atoms with Crippen molar-refractivity contribution in [1.29, 1.82) is 0 Å². The fourth-order valence-corrected chi connectivity index (χ4v) is 2.45. The standard InChI is InChI=1S/C13H20N4O2/c1-3-16(9-11-5-4-8-14-11)13-12(17(18)19)7-6-10(2)15-13/h6-7,11,14H,3-5,8-9H2,1-2H3. The normalized spacial score (nSPS) is 18.5. The Labute approximate surface area is 113 Å². The van der Waals surface area contributed by atoms with E-state index >= 15 is 0 Å². The summed E-state index contributed by atoms with van der Waals surface area (Å²) in [4.78, 5) is 17.1. The van der Waals surface area contributed by atoms with Crippen LogP contribution in [0.5, 0.6) is 0 Å². The van der Waals surface area contributed by atoms with Gasteiger partial charge in [0.2, 0.25) is 5.82 Å². The minimum atomic E-state index is -0.355. The Hall–Kier alpha value is -1.69. The maximum Gasteiger partial charge on any atom is 0.311 e. The van der Waals surface area contributed by atoms with Crippen molar-refractivity contribution in [2.75, 3.05) is 24.5 Å². The minimum absolute atomic E-state index is 0.0884. The Morgan fingerprint density at radius 1 is 1.58 bits per heavy atom. The van der Waals surface area contributed by atoms with Gasteiger partial charge in [0.15, 0.2) is 0 Å². The van der Waals surface area contributed by atoms with Crippen molar-refractivity contribution < 1.29 is 4.92 Å². The Bertz CT molecular complexity index is 458. The van der Waals surface area contributed by atoms with E-state index in [1.54, 1.807) is 12.1 Å². The molecule has 1 aromatic heterocycles. The Morgan fingerprint density at radius 3 is 2.95 bits per heavy atom. The number of nitrogens with zero attached hydrogens (tertiary/aromatic N) is 3. The molecule has 0 aliphatic carbocycles. The number of aromatic nitrogens is 1. The highest BCUT2D eigenvalue weighted by Crippen LogP contribution is 2.26. The molecule has 0 amide bonds. The summed E-state index contributed by atoms with van der Waals surface area (Å²) in [6.45, 7) is 6.38. The minimum Gasteiger partial charge on any atom is -0.350 e. The summed E-state index contributed by atoms with van der Waals surface area (Å²) in [6.07, 6.45) is 2.29. The van der Waals surface area contributed by atoms with Crippen molar-refractivity contribution in [3.05, 3.63) is 27.9 Å². The predicted octanol–water partition coefficient (Wildman–Crippen LogP) is 1.88. The second kappa shape index (κ2) is 5.97. The fraction of sp³-hybridized carbons (Fsp3) is 0.615. The van der Waals surface area contributed by atoms with Crippen LogP contribution in [0.2, 0.25) is 0 Å². The molecule has 1 atom stereocenters. The van der Waals surface area contributed by atoms with Gasteiger partial charge in [0.25, 0.3) is 0 Å². The first-order valence-corrected chi connectivity index (χ1v) is 6.72. The predicted molar refractivity (Wildman–Crippen MR) is 74.5 cm³/mol. The lowest BCUT2D eigenvalue weighted by Gasteiger charge is -2.25. The zero-order valence-corrected chi connectivity index (χ0v) is 11.4. The monoisotopic (exact) mass is 264 g/mol. The number of hydrogen-bond donors (Lipinski definition) is 1. The van der Waals surface area contributed by atoms with E-state index in [4.69, 9.17) is 0 Å². The van der Waals surface area contributed by atoms with Crippen LogP contribution >= 0.6 is 0 Å². The van der Waals surface area contributed by atoms with Crippen molar-refractivity contribution in [3.63, 3.8) is 0 Å². The molecule has 0 aromatic carbocycles. The SMILES string of the molecule is CCN(CC1CCCN1)c1nc(C)ccc1[N+](=O)[O-]. The van der Waals surface area contributed by atoms with Crippen LogP contribution in [0, 0.1) is 17.0 Å². The zero-order valence-electron chi connectivity index (χ0n) is 11.4. The molecule has 0 spiro atoms. The largest absolute Gasteiger partial charge is 0.350 e. The average Bonchev–Trinajstić information content (AvgIpc) is 2.88. The summed E-state index contributed by atoms with van der Waals surface area (Å²) in [6, 6.07) is 3.63. The van der Waals surface area contributed by atoms with Crippen LogP contribution in [-0.4, -0.2) is 35.6 Å². The molecule has 6 heteroatoms. The number of aryl methyl sites for hydroxylation is 1. The Morgan fingerprint density at radius 2 is 2.37 bits per heavy atom. The third-order valence-electron chi connectivity index (χ3n) is 3.47. The first-order chi connectivity index (χ1) is 9.11. The van der Waals surface area contributed by atoms with Crippen molar-refractivity contribution in [2.45, 2.75) is 32.7 Å². The molecule has 6 nitrogen and oxygen atoms in total. The molecule has 0 radical (unpaired) electrons. The number of pyridine rings is 1. The molecule has 19 heavy (non-hydrogen) atoms. The highest BCUT2D eigenvalue weighted by atomic mass is 16.6. The summed E-state index contributed by atoms with van der Waals surface area (Å²) in [5, 5.41) is 14.5. The first-order valence-electron chi connectivity index (χ1n) is 6.72. The highest BCUT2D eigenvalue weighted by molar-refractivity contribution is 5.58. The lowest BCUT2D eigenvalue weighted by molar-refractivity contribution is -0.384. The second-order valence-corrected chi connectivity index (χ2v) is 4.88. The highest BCUT2D eigenvalue weighted by Gasteiger charge is 2.24. The van der Waals surface area contributed by atoms with E-state index in [-0.39, 0.29) is 10.6 Å². The van der Waals surface area contributed by atoms with Crippen LogP contribution < -0.4 is 10.2 Å². The molecule has 1 aromatic rings. The van der Waals surface area contributed by atoms with E-state index in [0.717, 1.165) is 31.7 Å². The van der Waals surface area contributed by atoms with E-state index < -0.39 is 0 Å². The number of rotatable bonds is 5. The topological polar surface area (TPSA) is 71.3 Å². The van der Waals surface area contributed by atoms with E-state index in [2.05, 4.69) is 10.3 Å². The van der Waals surface area contributed by atoms with Gasteiger partial charge in [0, 0.05) is 30.9 Å². The van der Waals surface area contributed by atoms with Gasteiger partial charge in [-0.25, -0.2) is 4.98 Å². The first kappa shape index (κ1) is 13.7. The second-order valence-electron chi connectivity index (χ2n) is 4.88. The molecule has 1 aliphatic heterocycles. The maximum atomic E-state index is 11.1. The van der Waals surface area contributed by atoms with E-state index in [1.165, 1.54) is 6.42 Å². The summed E-state index contributed by atoms with van der Waals surface area (Å²) < 4.78 is 0. The van der Waals surface area contributed by atoms with Crippen LogP contribution in [0.3, 0.4) is 0 Å². The van der Waals surface area contributed by atoms with Gasteiger partial charge < -0.3 is 10.2 Å². The number of nitrogens with one attached hydrogen (secondary N) is 1. The van der Waals surface area contributed by atoms with Gasteiger partial charge >= 0.3 is 5.69 Å². The molecule has 1 unspecified atom stereocenters. The van der Waals surface area contributed by atoms with Gasteiger partial charge in [-0.2, -0.15) is 0 Å². The van der Waals surface area contributed by atoms with Crippen molar-refractivity contribution >= 4 is 11.5 Å². The lowest BCUT2D eigenvalue weighted by Crippen LogP contribution is -2.38. The van der Waals surface area contributed by atoms with Gasteiger partial charge in [-0.3, -0.25) is 10.1 Å². The third-order valence-corrected chi connectivity index (χ3v) is 3.47. The van der Waals surface area contributed by atoms with E-state index in [0.29, 0.717) is 11.9 Å². The lowest BCUT2D eigenvalue weighted by atomic mass is 10.2. The summed E-state index contributed by atoms with van der Waals surface area (Å²) in [5.74, 6) is 0.487. The van der Waals surface area contributed by atoms with Gasteiger partial charge in [-0.05, 0) is 39.3 Å². The van der Waals surface area contributed by atoms with Crippen LogP contribution in [-0.2, 0) is 0 Å².